The van der Waals surface area contributed by atoms with E-state index in [1.807, 2.05) is 12.1 Å². The molecular formula is C36H35F3N2O9. The zero-order chi connectivity index (χ0) is 35.3. The molecule has 1 aromatic heterocycles. The minimum Gasteiger partial charge on any atom is -0.492 e. The fourth-order valence-corrected chi connectivity index (χ4v) is 6.57. The molecule has 14 heteroatoms. The second-order valence-electron chi connectivity index (χ2n) is 12.9. The van der Waals surface area contributed by atoms with Gasteiger partial charge in [0.25, 0.3) is 5.92 Å². The van der Waals surface area contributed by atoms with Crippen molar-refractivity contribution in [1.29, 1.82) is 0 Å². The summed E-state index contributed by atoms with van der Waals surface area (Å²) in [5.41, 5.74) is 2.88. The predicted octanol–water partition coefficient (Wildman–Crippen LogP) is 4.05. The molecule has 6 atom stereocenters. The number of rotatable bonds is 10. The number of ether oxygens (including phenoxy) is 4. The maximum atomic E-state index is 14.3. The van der Waals surface area contributed by atoms with Gasteiger partial charge >= 0.3 is 5.97 Å². The zero-order valence-electron chi connectivity index (χ0n) is 26.8. The van der Waals surface area contributed by atoms with E-state index in [9.17, 15) is 38.4 Å². The highest BCUT2D eigenvalue weighted by molar-refractivity contribution is 5.92. The molecule has 0 aliphatic carbocycles. The molecule has 2 fully saturated rings. The Labute approximate surface area is 284 Å². The van der Waals surface area contributed by atoms with E-state index in [4.69, 9.17) is 18.9 Å². The normalized spacial score (nSPS) is 25.3. The van der Waals surface area contributed by atoms with E-state index in [2.05, 4.69) is 9.88 Å². The summed E-state index contributed by atoms with van der Waals surface area (Å²) in [7, 11) is 0. The zero-order valence-corrected chi connectivity index (χ0v) is 26.8. The number of aromatic nitrogens is 1. The number of pyridine rings is 1. The fraction of sp³-hybridized carbons (Fsp3) is 0.389. The van der Waals surface area contributed by atoms with Gasteiger partial charge in [-0.3, -0.25) is 14.3 Å². The molecule has 0 spiro atoms. The quantitative estimate of drug-likeness (QED) is 0.190. The smallest absolute Gasteiger partial charge is 0.335 e. The highest BCUT2D eigenvalue weighted by atomic mass is 19.3. The van der Waals surface area contributed by atoms with Crippen molar-refractivity contribution in [3.05, 3.63) is 83.6 Å². The Morgan fingerprint density at radius 2 is 1.72 bits per heavy atom. The number of carboxylic acid groups (broad SMARTS) is 1. The third-order valence-electron chi connectivity index (χ3n) is 9.34. The molecule has 4 aromatic rings. The Kier molecular flexibility index (Phi) is 9.07. The van der Waals surface area contributed by atoms with Crippen LogP contribution >= 0.6 is 0 Å². The molecule has 50 heavy (non-hydrogen) atoms. The molecule has 3 aromatic carbocycles. The van der Waals surface area contributed by atoms with Crippen molar-refractivity contribution in [2.75, 3.05) is 32.9 Å². The largest absolute Gasteiger partial charge is 0.492 e. The van der Waals surface area contributed by atoms with Crippen molar-refractivity contribution < 1.29 is 57.3 Å². The van der Waals surface area contributed by atoms with Gasteiger partial charge in [-0.1, -0.05) is 24.3 Å². The minimum atomic E-state index is -3.09. The standard InChI is InChI=1S/C36H35F3N2O9/c1-36(38,39)20-4-8-23-25-15-40-26-13-22(48-35-31(44)29(42)30(43)33(50-35)34(45)46)7-9-24(26)28(25)32(49-27(23)12-20)19-2-5-21(6-3-19)47-11-10-41-16-18(14-37)17-41/h2-9,12-13,15,18,29-33,35,42-44H,10-11,14,16-17H2,1H3,(H,45,46)/t29-,30-,31+,32+,33-,35+/m0/s1. The average molecular weight is 697 g/mol. The number of aliphatic hydroxyl groups is 3. The SMILES string of the molecule is CC(F)(F)c1ccc2c(c1)O[C@H](c1ccc(OCCN3CC(CF)C3)cc1)c1c-2cnc2cc(O[C@@H]3O[C@H](C(=O)O)[C@@H](O)[C@H](O)[C@H]3O)ccc12. The second kappa shape index (κ2) is 13.3. The molecule has 4 N–H and O–H groups in total. The topological polar surface area (TPSA) is 151 Å². The number of alkyl halides is 3. The molecule has 3 aliphatic rings. The summed E-state index contributed by atoms with van der Waals surface area (Å²) in [4.78, 5) is 18.3. The Bertz CT molecular complexity index is 1880. The van der Waals surface area contributed by atoms with Gasteiger partial charge in [-0.2, -0.15) is 0 Å². The monoisotopic (exact) mass is 696 g/mol. The fourth-order valence-electron chi connectivity index (χ4n) is 6.57. The Morgan fingerprint density at radius 1 is 0.980 bits per heavy atom. The predicted molar refractivity (Wildman–Crippen MR) is 172 cm³/mol. The van der Waals surface area contributed by atoms with Crippen molar-refractivity contribution in [3.63, 3.8) is 0 Å². The third kappa shape index (κ3) is 6.44. The average Bonchev–Trinajstić information content (AvgIpc) is 3.08. The lowest BCUT2D eigenvalue weighted by atomic mass is 9.87. The van der Waals surface area contributed by atoms with Crippen molar-refractivity contribution in [2.45, 2.75) is 49.7 Å². The third-order valence-corrected chi connectivity index (χ3v) is 9.34. The van der Waals surface area contributed by atoms with Gasteiger partial charge in [0.15, 0.2) is 12.2 Å². The summed E-state index contributed by atoms with van der Waals surface area (Å²) in [5, 5.41) is 40.7. The molecule has 0 radical (unpaired) electrons. The first-order chi connectivity index (χ1) is 23.9. The van der Waals surface area contributed by atoms with Crippen LogP contribution in [0.15, 0.2) is 66.9 Å². The van der Waals surface area contributed by atoms with Gasteiger partial charge in [-0.05, 0) is 35.9 Å². The van der Waals surface area contributed by atoms with Crippen LogP contribution in [0.5, 0.6) is 17.2 Å². The van der Waals surface area contributed by atoms with Gasteiger partial charge in [-0.15, -0.1) is 0 Å². The number of benzene rings is 3. The number of nitrogens with zero attached hydrogens (tertiary/aromatic N) is 2. The van der Waals surface area contributed by atoms with E-state index in [-0.39, 0.29) is 29.7 Å². The molecule has 0 saturated carbocycles. The van der Waals surface area contributed by atoms with Crippen LogP contribution in [0.3, 0.4) is 0 Å². The van der Waals surface area contributed by atoms with Crippen LogP contribution in [0.4, 0.5) is 13.2 Å². The number of carboxylic acids is 1. The van der Waals surface area contributed by atoms with Crippen LogP contribution < -0.4 is 14.2 Å². The lowest BCUT2D eigenvalue weighted by Gasteiger charge is -2.38. The number of hydrogen-bond donors (Lipinski definition) is 4. The number of aliphatic hydroxyl groups excluding tert-OH is 3. The van der Waals surface area contributed by atoms with Crippen LogP contribution in [0, 0.1) is 5.92 Å². The summed E-state index contributed by atoms with van der Waals surface area (Å²) in [6.45, 7) is 3.05. The highest BCUT2D eigenvalue weighted by Crippen LogP contribution is 2.49. The molecule has 2 saturated heterocycles. The van der Waals surface area contributed by atoms with Crippen molar-refractivity contribution in [2.24, 2.45) is 5.92 Å². The molecule has 4 heterocycles. The molecule has 264 valence electrons. The van der Waals surface area contributed by atoms with Crippen molar-refractivity contribution in [1.82, 2.24) is 9.88 Å². The maximum Gasteiger partial charge on any atom is 0.335 e. The number of fused-ring (bicyclic) bond motifs is 5. The van der Waals surface area contributed by atoms with E-state index in [1.54, 1.807) is 36.5 Å². The molecule has 0 amide bonds. The number of aliphatic carboxylic acids is 1. The van der Waals surface area contributed by atoms with Gasteiger partial charge in [0.1, 0.15) is 42.2 Å². The van der Waals surface area contributed by atoms with Gasteiger partial charge < -0.3 is 39.4 Å². The molecule has 0 bridgehead atoms. The molecule has 3 aliphatic heterocycles. The number of carbonyl (C=O) groups is 1. The number of likely N-dealkylation sites (tertiary alicyclic amines) is 1. The maximum absolute atomic E-state index is 14.3. The first kappa shape index (κ1) is 34.0. The van der Waals surface area contributed by atoms with E-state index in [0.29, 0.717) is 52.1 Å². The molecular weight excluding hydrogens is 661 g/mol. The second-order valence-corrected chi connectivity index (χ2v) is 12.9. The lowest BCUT2D eigenvalue weighted by Crippen LogP contribution is -2.61. The molecule has 0 unspecified atom stereocenters. The van der Waals surface area contributed by atoms with E-state index >= 15 is 0 Å². The van der Waals surface area contributed by atoms with E-state index in [0.717, 1.165) is 20.0 Å². The van der Waals surface area contributed by atoms with Gasteiger partial charge in [-0.25, -0.2) is 13.6 Å². The van der Waals surface area contributed by atoms with Crippen LogP contribution in [-0.4, -0.2) is 99.9 Å². The van der Waals surface area contributed by atoms with Gasteiger partial charge in [0, 0.05) is 72.4 Å². The van der Waals surface area contributed by atoms with Crippen LogP contribution in [0.2, 0.25) is 0 Å². The summed E-state index contributed by atoms with van der Waals surface area (Å²) in [6, 6.07) is 16.3. The lowest BCUT2D eigenvalue weighted by molar-refractivity contribution is -0.271. The van der Waals surface area contributed by atoms with Gasteiger partial charge in [0.05, 0.1) is 12.2 Å². The van der Waals surface area contributed by atoms with Crippen LogP contribution in [-0.2, 0) is 15.5 Å². The Hall–Kier alpha value is -4.47. The van der Waals surface area contributed by atoms with Crippen LogP contribution in [0.25, 0.3) is 22.0 Å². The van der Waals surface area contributed by atoms with E-state index < -0.39 is 48.7 Å². The Morgan fingerprint density at radius 3 is 2.42 bits per heavy atom. The first-order valence-corrected chi connectivity index (χ1v) is 16.1. The van der Waals surface area contributed by atoms with Gasteiger partial charge in [0.2, 0.25) is 6.29 Å². The van der Waals surface area contributed by atoms with E-state index in [1.165, 1.54) is 18.2 Å². The highest BCUT2D eigenvalue weighted by Gasteiger charge is 2.48. The van der Waals surface area contributed by atoms with Crippen molar-refractivity contribution in [3.8, 4) is 28.4 Å². The Balaban J connectivity index is 1.20. The van der Waals surface area contributed by atoms with Crippen molar-refractivity contribution >= 4 is 16.9 Å². The summed E-state index contributed by atoms with van der Waals surface area (Å²) in [5.74, 6) is -3.52. The molecule has 11 nitrogen and oxygen atoms in total. The summed E-state index contributed by atoms with van der Waals surface area (Å²) >= 11 is 0. The number of halogens is 3. The summed E-state index contributed by atoms with van der Waals surface area (Å²) < 4.78 is 64.8. The minimum absolute atomic E-state index is 0.0946. The number of hydrogen-bond acceptors (Lipinski definition) is 10. The molecule has 7 rings (SSSR count). The van der Waals surface area contributed by atoms with Crippen LogP contribution in [0.1, 0.15) is 29.7 Å². The summed E-state index contributed by atoms with van der Waals surface area (Å²) in [6.07, 6.45) is -8.04. The first-order valence-electron chi connectivity index (χ1n) is 16.1.